The van der Waals surface area contributed by atoms with Gasteiger partial charge in [-0.2, -0.15) is 0 Å². The molecule has 2 N–H and O–H groups in total. The summed E-state index contributed by atoms with van der Waals surface area (Å²) in [6.07, 6.45) is 1.45. The molecule has 0 saturated carbocycles. The smallest absolute Gasteiger partial charge is 0.251 e. The molecule has 6 nitrogen and oxygen atoms in total. The number of carbonyl (C=O) groups is 1. The van der Waals surface area contributed by atoms with Crippen molar-refractivity contribution in [2.24, 2.45) is 0 Å². The minimum atomic E-state index is -0.973. The summed E-state index contributed by atoms with van der Waals surface area (Å²) in [5.41, 5.74) is 1.52. The summed E-state index contributed by atoms with van der Waals surface area (Å²) in [5.74, 6) is -0.721. The molecule has 1 heterocycles. The Balaban J connectivity index is 1.67. The molecule has 1 amide bonds. The van der Waals surface area contributed by atoms with Crippen molar-refractivity contribution < 1.29 is 23.0 Å². The van der Waals surface area contributed by atoms with Gasteiger partial charge < -0.3 is 20.1 Å². The number of hydrogen-bond donors (Lipinski definition) is 2. The number of benzene rings is 2. The van der Waals surface area contributed by atoms with Gasteiger partial charge in [0.25, 0.3) is 5.91 Å². The number of carbonyl (C=O) groups excluding carboxylic acids is 1. The van der Waals surface area contributed by atoms with Gasteiger partial charge in [-0.1, -0.05) is 6.07 Å². The second kappa shape index (κ2) is 9.01. The van der Waals surface area contributed by atoms with Crippen LogP contribution in [0.25, 0.3) is 0 Å². The molecule has 29 heavy (non-hydrogen) atoms. The van der Waals surface area contributed by atoms with E-state index in [2.05, 4.69) is 15.6 Å². The van der Waals surface area contributed by atoms with Crippen LogP contribution in [0.1, 0.15) is 15.9 Å². The van der Waals surface area contributed by atoms with Crippen LogP contribution in [0.5, 0.6) is 11.5 Å². The normalized spacial score (nSPS) is 10.3. The van der Waals surface area contributed by atoms with Gasteiger partial charge in [-0.25, -0.2) is 13.8 Å². The Morgan fingerprint density at radius 3 is 2.48 bits per heavy atom. The number of anilines is 2. The summed E-state index contributed by atoms with van der Waals surface area (Å²) in [6.45, 7) is 0.285. The second-order valence-corrected chi connectivity index (χ2v) is 6.06. The van der Waals surface area contributed by atoms with E-state index < -0.39 is 11.6 Å². The maximum Gasteiger partial charge on any atom is 0.251 e. The first kappa shape index (κ1) is 20.1. The molecule has 0 aliphatic heterocycles. The Morgan fingerprint density at radius 2 is 1.76 bits per heavy atom. The summed E-state index contributed by atoms with van der Waals surface area (Å²) >= 11 is 0. The minimum Gasteiger partial charge on any atom is -0.493 e. The van der Waals surface area contributed by atoms with Gasteiger partial charge in [0.2, 0.25) is 0 Å². The molecule has 0 radical (unpaired) electrons. The molecule has 0 fully saturated rings. The van der Waals surface area contributed by atoms with Crippen molar-refractivity contribution in [3.63, 3.8) is 0 Å². The van der Waals surface area contributed by atoms with E-state index in [9.17, 15) is 13.6 Å². The summed E-state index contributed by atoms with van der Waals surface area (Å²) in [6, 6.07) is 11.8. The highest BCUT2D eigenvalue weighted by Gasteiger charge is 2.10. The summed E-state index contributed by atoms with van der Waals surface area (Å²) in [7, 11) is 3.09. The average molecular weight is 399 g/mol. The number of nitrogens with one attached hydrogen (secondary N) is 2. The van der Waals surface area contributed by atoms with Crippen LogP contribution in [-0.4, -0.2) is 25.1 Å². The lowest BCUT2D eigenvalue weighted by molar-refractivity contribution is 0.0951. The van der Waals surface area contributed by atoms with Crippen LogP contribution < -0.4 is 20.1 Å². The van der Waals surface area contributed by atoms with Crippen molar-refractivity contribution in [3.05, 3.63) is 77.5 Å². The van der Waals surface area contributed by atoms with Crippen molar-refractivity contribution in [2.45, 2.75) is 6.54 Å². The Morgan fingerprint density at radius 1 is 0.966 bits per heavy atom. The van der Waals surface area contributed by atoms with E-state index in [1.54, 1.807) is 32.4 Å². The molecule has 8 heteroatoms. The Labute approximate surface area is 166 Å². The van der Waals surface area contributed by atoms with Crippen LogP contribution in [0.3, 0.4) is 0 Å². The first-order valence-electron chi connectivity index (χ1n) is 8.67. The van der Waals surface area contributed by atoms with Crippen molar-refractivity contribution in [3.8, 4) is 11.5 Å². The molecule has 0 unspecified atom stereocenters. The number of ether oxygens (including phenoxy) is 2. The van der Waals surface area contributed by atoms with Gasteiger partial charge in [-0.05, 0) is 42.0 Å². The van der Waals surface area contributed by atoms with Gasteiger partial charge in [0.15, 0.2) is 23.1 Å². The summed E-state index contributed by atoms with van der Waals surface area (Å²) in [5, 5.41) is 5.65. The third kappa shape index (κ3) is 4.98. The van der Waals surface area contributed by atoms with E-state index in [4.69, 9.17) is 9.47 Å². The Kier molecular flexibility index (Phi) is 6.23. The quantitative estimate of drug-likeness (QED) is 0.627. The van der Waals surface area contributed by atoms with E-state index in [0.717, 1.165) is 17.7 Å². The standard InChI is InChI=1S/C21H19F2N3O3/c1-28-18-6-3-13(9-19(18)29-2)12-25-21(27)14-7-8-24-20(10-14)26-15-4-5-16(22)17(23)11-15/h3-11H,12H2,1-2H3,(H,24,26)(H,25,27). The van der Waals surface area contributed by atoms with Crippen LogP contribution in [0.2, 0.25) is 0 Å². The predicted molar refractivity (Wildman–Crippen MR) is 105 cm³/mol. The van der Waals surface area contributed by atoms with E-state index in [1.807, 2.05) is 6.07 Å². The SMILES string of the molecule is COc1ccc(CNC(=O)c2ccnc(Nc3ccc(F)c(F)c3)c2)cc1OC. The van der Waals surface area contributed by atoms with Crippen LogP contribution in [0.15, 0.2) is 54.7 Å². The van der Waals surface area contributed by atoms with Crippen LogP contribution in [-0.2, 0) is 6.54 Å². The van der Waals surface area contributed by atoms with Gasteiger partial charge in [0.05, 0.1) is 14.2 Å². The van der Waals surface area contributed by atoms with Crippen LogP contribution in [0, 0.1) is 11.6 Å². The number of methoxy groups -OCH3 is 2. The van der Waals surface area contributed by atoms with E-state index in [-0.39, 0.29) is 12.5 Å². The van der Waals surface area contributed by atoms with Gasteiger partial charge in [0.1, 0.15) is 5.82 Å². The number of rotatable bonds is 7. The second-order valence-electron chi connectivity index (χ2n) is 6.06. The van der Waals surface area contributed by atoms with Crippen LogP contribution >= 0.6 is 0 Å². The van der Waals surface area contributed by atoms with Gasteiger partial charge in [-0.3, -0.25) is 4.79 Å². The van der Waals surface area contributed by atoms with E-state index in [1.165, 1.54) is 18.3 Å². The van der Waals surface area contributed by atoms with Crippen molar-refractivity contribution in [2.75, 3.05) is 19.5 Å². The van der Waals surface area contributed by atoms with Crippen LogP contribution in [0.4, 0.5) is 20.3 Å². The maximum absolute atomic E-state index is 13.3. The molecule has 0 aliphatic rings. The fourth-order valence-corrected chi connectivity index (χ4v) is 2.64. The number of amides is 1. The zero-order valence-electron chi connectivity index (χ0n) is 15.8. The monoisotopic (exact) mass is 399 g/mol. The van der Waals surface area contributed by atoms with Gasteiger partial charge in [-0.15, -0.1) is 0 Å². The molecule has 0 spiro atoms. The lowest BCUT2D eigenvalue weighted by Gasteiger charge is -2.11. The highest BCUT2D eigenvalue weighted by atomic mass is 19.2. The molecular formula is C21H19F2N3O3. The van der Waals surface area contributed by atoms with Gasteiger partial charge >= 0.3 is 0 Å². The highest BCUT2D eigenvalue weighted by molar-refractivity contribution is 5.94. The van der Waals surface area contributed by atoms with Gasteiger partial charge in [0, 0.05) is 30.1 Å². The Bertz CT molecular complexity index is 1030. The average Bonchev–Trinajstić information content (AvgIpc) is 2.74. The number of pyridine rings is 1. The highest BCUT2D eigenvalue weighted by Crippen LogP contribution is 2.27. The third-order valence-corrected chi connectivity index (χ3v) is 4.12. The number of aromatic nitrogens is 1. The molecule has 1 aromatic heterocycles. The molecule has 2 aromatic carbocycles. The zero-order chi connectivity index (χ0) is 20.8. The van der Waals surface area contributed by atoms with Crippen molar-refractivity contribution in [1.82, 2.24) is 10.3 Å². The first-order chi connectivity index (χ1) is 14.0. The van der Waals surface area contributed by atoms with E-state index >= 15 is 0 Å². The Hall–Kier alpha value is -3.68. The fraction of sp³-hybridized carbons (Fsp3) is 0.143. The lowest BCUT2D eigenvalue weighted by atomic mass is 10.2. The minimum absolute atomic E-state index is 0.285. The van der Waals surface area contributed by atoms with E-state index in [0.29, 0.717) is 28.6 Å². The lowest BCUT2D eigenvalue weighted by Crippen LogP contribution is -2.23. The fourth-order valence-electron chi connectivity index (χ4n) is 2.64. The largest absolute Gasteiger partial charge is 0.493 e. The molecule has 0 bridgehead atoms. The maximum atomic E-state index is 13.3. The van der Waals surface area contributed by atoms with Crippen molar-refractivity contribution >= 4 is 17.4 Å². The zero-order valence-corrected chi connectivity index (χ0v) is 15.8. The summed E-state index contributed by atoms with van der Waals surface area (Å²) in [4.78, 5) is 16.6. The molecule has 150 valence electrons. The predicted octanol–water partition coefficient (Wildman–Crippen LogP) is 4.05. The number of nitrogens with zero attached hydrogens (tertiary/aromatic N) is 1. The van der Waals surface area contributed by atoms with Crippen molar-refractivity contribution in [1.29, 1.82) is 0 Å². The summed E-state index contributed by atoms with van der Waals surface area (Å²) < 4.78 is 36.8. The molecule has 0 saturated heterocycles. The molecule has 0 aliphatic carbocycles. The molecular weight excluding hydrogens is 380 g/mol. The first-order valence-corrected chi connectivity index (χ1v) is 8.67. The molecule has 3 rings (SSSR count). The molecule has 0 atom stereocenters. The molecule has 3 aromatic rings. The third-order valence-electron chi connectivity index (χ3n) is 4.12. The topological polar surface area (TPSA) is 72.5 Å². The number of halogens is 2. The number of hydrogen-bond acceptors (Lipinski definition) is 5.